The molecule has 1 aromatic carbocycles. The van der Waals surface area contributed by atoms with Crippen molar-refractivity contribution in [3.05, 3.63) is 29.8 Å². The monoisotopic (exact) mass is 331 g/mol. The number of carboxylic acids is 1. The fourth-order valence-electron chi connectivity index (χ4n) is 2.97. The molecule has 24 heavy (non-hydrogen) atoms. The van der Waals surface area contributed by atoms with Gasteiger partial charge in [0.15, 0.2) is 6.10 Å². The predicted molar refractivity (Wildman–Crippen MR) is 89.4 cm³/mol. The predicted octanol–water partition coefficient (Wildman–Crippen LogP) is 1.59. The highest BCUT2D eigenvalue weighted by Gasteiger charge is 2.33. The first-order chi connectivity index (χ1) is 11.4. The second kappa shape index (κ2) is 6.60. The molecule has 0 aromatic heterocycles. The molecule has 1 fully saturated rings. The lowest BCUT2D eigenvalue weighted by Crippen LogP contribution is -2.51. The van der Waals surface area contributed by atoms with Crippen LogP contribution in [0.4, 0.5) is 5.69 Å². The number of carboxylic acid groups (broad SMARTS) is 1. The van der Waals surface area contributed by atoms with Crippen LogP contribution in [0.1, 0.15) is 30.6 Å². The first-order valence-electron chi connectivity index (χ1n) is 8.03. The number of carbonyl (C=O) groups is 2. The van der Waals surface area contributed by atoms with Gasteiger partial charge in [0.05, 0.1) is 18.3 Å². The Morgan fingerprint density at radius 3 is 2.54 bits per heavy atom. The maximum absolute atomic E-state index is 12.6. The third kappa shape index (κ3) is 3.41. The van der Waals surface area contributed by atoms with E-state index >= 15 is 0 Å². The highest BCUT2D eigenvalue weighted by Crippen LogP contribution is 2.21. The van der Waals surface area contributed by atoms with Crippen molar-refractivity contribution in [2.45, 2.75) is 32.5 Å². The summed E-state index contributed by atoms with van der Waals surface area (Å²) in [5.41, 5.74) is 2.58. The van der Waals surface area contributed by atoms with Crippen LogP contribution in [0.3, 0.4) is 0 Å². The highest BCUT2D eigenvalue weighted by atomic mass is 16.5. The van der Waals surface area contributed by atoms with E-state index in [4.69, 9.17) is 9.84 Å². The van der Waals surface area contributed by atoms with Gasteiger partial charge in [0.1, 0.15) is 0 Å². The number of morpholine rings is 1. The second-order valence-corrected chi connectivity index (χ2v) is 6.24. The Kier molecular flexibility index (Phi) is 4.53. The van der Waals surface area contributed by atoms with E-state index in [1.165, 1.54) is 0 Å². The molecule has 0 saturated carbocycles. The number of rotatable bonds is 3. The van der Waals surface area contributed by atoms with E-state index in [9.17, 15) is 9.59 Å². The van der Waals surface area contributed by atoms with Crippen molar-refractivity contribution in [2.24, 2.45) is 5.10 Å². The van der Waals surface area contributed by atoms with E-state index in [1.807, 2.05) is 24.1 Å². The molecular formula is C17H21N3O4. The average Bonchev–Trinajstić information content (AvgIpc) is 3.00. The standard InChI is InChI=1S/C17H21N3O4/c1-11-7-8-20(18-11)14-5-3-13(4-6-14)16(21)19-9-12(2)24-15(10-19)17(22)23/h3-6,12,15H,7-10H2,1-2H3,(H,22,23)/t12-,15?/m1/s1. The van der Waals surface area contributed by atoms with Gasteiger partial charge in [0, 0.05) is 30.8 Å². The summed E-state index contributed by atoms with van der Waals surface area (Å²) in [6.45, 7) is 5.07. The molecule has 1 amide bonds. The fourth-order valence-corrected chi connectivity index (χ4v) is 2.97. The van der Waals surface area contributed by atoms with Crippen molar-refractivity contribution in [3.63, 3.8) is 0 Å². The number of benzene rings is 1. The number of amides is 1. The number of ether oxygens (including phenoxy) is 1. The summed E-state index contributed by atoms with van der Waals surface area (Å²) >= 11 is 0. The summed E-state index contributed by atoms with van der Waals surface area (Å²) in [5.74, 6) is -1.22. The van der Waals surface area contributed by atoms with Crippen LogP contribution in [0.5, 0.6) is 0 Å². The van der Waals surface area contributed by atoms with Gasteiger partial charge in [-0.15, -0.1) is 0 Å². The number of hydrogen-bond acceptors (Lipinski definition) is 5. The van der Waals surface area contributed by atoms with E-state index in [0.29, 0.717) is 12.1 Å². The summed E-state index contributed by atoms with van der Waals surface area (Å²) in [6, 6.07) is 7.26. The largest absolute Gasteiger partial charge is 0.479 e. The lowest BCUT2D eigenvalue weighted by atomic mass is 10.1. The van der Waals surface area contributed by atoms with Gasteiger partial charge in [-0.05, 0) is 38.1 Å². The Morgan fingerprint density at radius 1 is 1.25 bits per heavy atom. The number of aliphatic carboxylic acids is 1. The SMILES string of the molecule is CC1=NN(c2ccc(C(=O)N3CC(C(=O)O)O[C@H](C)C3)cc2)CC1. The molecule has 1 aromatic rings. The zero-order valence-corrected chi connectivity index (χ0v) is 13.8. The van der Waals surface area contributed by atoms with Crippen LogP contribution in [0.15, 0.2) is 29.4 Å². The molecule has 1 unspecified atom stereocenters. The number of nitrogens with zero attached hydrogens (tertiary/aromatic N) is 3. The van der Waals surface area contributed by atoms with Gasteiger partial charge in [-0.1, -0.05) is 0 Å². The van der Waals surface area contributed by atoms with E-state index in [1.54, 1.807) is 24.0 Å². The zero-order chi connectivity index (χ0) is 17.3. The van der Waals surface area contributed by atoms with Crippen LogP contribution < -0.4 is 5.01 Å². The zero-order valence-electron chi connectivity index (χ0n) is 13.8. The molecule has 7 heteroatoms. The summed E-state index contributed by atoms with van der Waals surface area (Å²) < 4.78 is 5.35. The quantitative estimate of drug-likeness (QED) is 0.909. The molecule has 3 rings (SSSR count). The van der Waals surface area contributed by atoms with Gasteiger partial charge in [0.2, 0.25) is 0 Å². The molecule has 2 aliphatic heterocycles. The molecule has 0 bridgehead atoms. The first-order valence-corrected chi connectivity index (χ1v) is 8.03. The van der Waals surface area contributed by atoms with Gasteiger partial charge < -0.3 is 14.7 Å². The maximum atomic E-state index is 12.6. The number of hydrazone groups is 1. The Labute approximate surface area is 140 Å². The first kappa shape index (κ1) is 16.4. The van der Waals surface area contributed by atoms with Gasteiger partial charge in [-0.2, -0.15) is 5.10 Å². The smallest absolute Gasteiger partial charge is 0.334 e. The molecule has 128 valence electrons. The molecule has 7 nitrogen and oxygen atoms in total. The maximum Gasteiger partial charge on any atom is 0.334 e. The van der Waals surface area contributed by atoms with Crippen LogP contribution >= 0.6 is 0 Å². The number of hydrogen-bond donors (Lipinski definition) is 1. The van der Waals surface area contributed by atoms with E-state index in [-0.39, 0.29) is 18.6 Å². The van der Waals surface area contributed by atoms with E-state index < -0.39 is 12.1 Å². The minimum absolute atomic E-state index is 0.0653. The third-order valence-electron chi connectivity index (χ3n) is 4.21. The molecule has 2 heterocycles. The van der Waals surface area contributed by atoms with Gasteiger partial charge in [-0.25, -0.2) is 4.79 Å². The van der Waals surface area contributed by atoms with Gasteiger partial charge in [-0.3, -0.25) is 9.80 Å². The molecule has 2 aliphatic rings. The number of carbonyl (C=O) groups excluding carboxylic acids is 1. The van der Waals surface area contributed by atoms with Crippen LogP contribution in [0, 0.1) is 0 Å². The summed E-state index contributed by atoms with van der Waals surface area (Å²) in [4.78, 5) is 25.3. The van der Waals surface area contributed by atoms with Gasteiger partial charge >= 0.3 is 5.97 Å². The molecule has 1 N–H and O–H groups in total. The Hall–Kier alpha value is -2.41. The van der Waals surface area contributed by atoms with Crippen molar-refractivity contribution in [3.8, 4) is 0 Å². The fraction of sp³-hybridized carbons (Fsp3) is 0.471. The van der Waals surface area contributed by atoms with Crippen molar-refractivity contribution in [2.75, 3.05) is 24.6 Å². The highest BCUT2D eigenvalue weighted by molar-refractivity contribution is 5.95. The Balaban J connectivity index is 1.71. The van der Waals surface area contributed by atoms with Crippen LogP contribution in [-0.4, -0.2) is 59.4 Å². The second-order valence-electron chi connectivity index (χ2n) is 6.24. The lowest BCUT2D eigenvalue weighted by molar-refractivity contribution is -0.160. The van der Waals surface area contributed by atoms with Crippen molar-refractivity contribution < 1.29 is 19.4 Å². The average molecular weight is 331 g/mol. The minimum atomic E-state index is -1.04. The minimum Gasteiger partial charge on any atom is -0.479 e. The van der Waals surface area contributed by atoms with Crippen molar-refractivity contribution >= 4 is 23.3 Å². The van der Waals surface area contributed by atoms with Crippen LogP contribution in [-0.2, 0) is 9.53 Å². The Morgan fingerprint density at radius 2 is 1.96 bits per heavy atom. The summed E-state index contributed by atoms with van der Waals surface area (Å²) in [7, 11) is 0. The van der Waals surface area contributed by atoms with E-state index in [0.717, 1.165) is 24.4 Å². The molecule has 0 spiro atoms. The van der Waals surface area contributed by atoms with E-state index in [2.05, 4.69) is 5.10 Å². The molecule has 2 atom stereocenters. The molecular weight excluding hydrogens is 310 g/mol. The van der Waals surface area contributed by atoms with Crippen molar-refractivity contribution in [1.82, 2.24) is 4.90 Å². The number of anilines is 1. The topological polar surface area (TPSA) is 82.4 Å². The summed E-state index contributed by atoms with van der Waals surface area (Å²) in [5, 5.41) is 15.5. The lowest BCUT2D eigenvalue weighted by Gasteiger charge is -2.35. The molecule has 0 radical (unpaired) electrons. The van der Waals surface area contributed by atoms with Crippen molar-refractivity contribution in [1.29, 1.82) is 0 Å². The third-order valence-corrected chi connectivity index (χ3v) is 4.21. The summed E-state index contributed by atoms with van der Waals surface area (Å²) in [6.07, 6.45) is -0.327. The normalized spacial score (nSPS) is 24.0. The molecule has 0 aliphatic carbocycles. The van der Waals surface area contributed by atoms with Crippen LogP contribution in [0.25, 0.3) is 0 Å². The van der Waals surface area contributed by atoms with Gasteiger partial charge in [0.25, 0.3) is 5.91 Å². The van der Waals surface area contributed by atoms with Crippen LogP contribution in [0.2, 0.25) is 0 Å². The Bertz CT molecular complexity index is 671. The molecule has 1 saturated heterocycles.